The average molecular weight is 298 g/mol. The Morgan fingerprint density at radius 2 is 2.23 bits per heavy atom. The van der Waals surface area contributed by atoms with Gasteiger partial charge in [-0.05, 0) is 18.6 Å². The van der Waals surface area contributed by atoms with E-state index in [1.165, 1.54) is 0 Å². The van der Waals surface area contributed by atoms with Gasteiger partial charge in [-0.2, -0.15) is 15.4 Å². The third kappa shape index (κ3) is 2.10. The van der Waals surface area contributed by atoms with Gasteiger partial charge in [0.15, 0.2) is 0 Å². The summed E-state index contributed by atoms with van der Waals surface area (Å²) in [5.41, 5.74) is 1.83. The van der Waals surface area contributed by atoms with Crippen molar-refractivity contribution in [1.29, 1.82) is 0 Å². The summed E-state index contributed by atoms with van der Waals surface area (Å²) in [6.07, 6.45) is 2.25. The molecule has 0 amide bonds. The highest BCUT2D eigenvalue weighted by molar-refractivity contribution is 5.75. The third-order valence-electron chi connectivity index (χ3n) is 4.46. The molecular formula is C15H18N6O. The van der Waals surface area contributed by atoms with Crippen molar-refractivity contribution in [2.24, 2.45) is 7.05 Å². The topological polar surface area (TPSA) is 82.9 Å². The highest BCUT2D eigenvalue weighted by Crippen LogP contribution is 2.31. The number of hydrogen-bond donors (Lipinski definition) is 2. The zero-order valence-electron chi connectivity index (χ0n) is 12.4. The number of β-amino-alcohol motifs (C(OH)–C–C–N with tert-alkyl or cyclic N) is 1. The van der Waals surface area contributed by atoms with Crippen LogP contribution in [0.2, 0.25) is 0 Å². The van der Waals surface area contributed by atoms with E-state index in [-0.39, 0.29) is 0 Å². The fourth-order valence-electron chi connectivity index (χ4n) is 3.18. The van der Waals surface area contributed by atoms with Gasteiger partial charge in [0.05, 0.1) is 23.8 Å². The first kappa shape index (κ1) is 13.4. The van der Waals surface area contributed by atoms with Crippen LogP contribution in [0.25, 0.3) is 11.0 Å². The van der Waals surface area contributed by atoms with Crippen LogP contribution in [-0.2, 0) is 19.2 Å². The minimum atomic E-state index is -0.919. The largest absolute Gasteiger partial charge is 0.382 e. The van der Waals surface area contributed by atoms with Gasteiger partial charge in [0, 0.05) is 20.1 Å². The molecule has 4 rings (SSSR count). The lowest BCUT2D eigenvalue weighted by Crippen LogP contribution is -2.31. The van der Waals surface area contributed by atoms with Crippen LogP contribution in [0.4, 0.5) is 0 Å². The highest BCUT2D eigenvalue weighted by atomic mass is 16.3. The van der Waals surface area contributed by atoms with Gasteiger partial charge in [0.1, 0.15) is 17.1 Å². The van der Waals surface area contributed by atoms with Crippen LogP contribution in [0.5, 0.6) is 0 Å². The number of benzene rings is 1. The molecule has 0 bridgehead atoms. The average Bonchev–Trinajstić information content (AvgIpc) is 3.22. The molecule has 3 heterocycles. The van der Waals surface area contributed by atoms with Gasteiger partial charge in [-0.1, -0.05) is 12.1 Å². The summed E-state index contributed by atoms with van der Waals surface area (Å²) in [5, 5.41) is 21.1. The summed E-state index contributed by atoms with van der Waals surface area (Å²) < 4.78 is 2.11. The second kappa shape index (κ2) is 4.89. The van der Waals surface area contributed by atoms with E-state index >= 15 is 0 Å². The van der Waals surface area contributed by atoms with Crippen LogP contribution in [0.15, 0.2) is 30.5 Å². The predicted octanol–water partition coefficient (Wildman–Crippen LogP) is 0.785. The Hall–Kier alpha value is -2.25. The molecule has 7 heteroatoms. The highest BCUT2D eigenvalue weighted by Gasteiger charge is 2.40. The number of nitrogens with one attached hydrogen (secondary N) is 1. The quantitative estimate of drug-likeness (QED) is 0.747. The van der Waals surface area contributed by atoms with Crippen LogP contribution < -0.4 is 0 Å². The summed E-state index contributed by atoms with van der Waals surface area (Å²) in [6, 6.07) is 8.11. The van der Waals surface area contributed by atoms with Crippen LogP contribution in [-0.4, -0.2) is 48.1 Å². The molecule has 1 saturated heterocycles. The first-order valence-electron chi connectivity index (χ1n) is 7.37. The predicted molar refractivity (Wildman–Crippen MR) is 80.9 cm³/mol. The molecule has 0 spiro atoms. The fraction of sp³-hybridized carbons (Fsp3) is 0.400. The molecule has 1 aliphatic heterocycles. The molecule has 1 aromatic carbocycles. The number of aliphatic hydroxyl groups is 1. The first-order chi connectivity index (χ1) is 10.7. The van der Waals surface area contributed by atoms with Gasteiger partial charge in [0.2, 0.25) is 0 Å². The standard InChI is InChI=1S/C15H18N6O/c1-20-12-5-3-2-4-11(12)17-14(20)9-21-7-6-15(22,10-21)13-8-16-19-18-13/h2-5,8,22H,6-7,9-10H2,1H3,(H,16,18,19)/t15-/m0/s1. The summed E-state index contributed by atoms with van der Waals surface area (Å²) >= 11 is 0. The van der Waals surface area contributed by atoms with Crippen LogP contribution in [0, 0.1) is 0 Å². The van der Waals surface area contributed by atoms with Crippen LogP contribution in [0.1, 0.15) is 17.9 Å². The Bertz CT molecular complexity index is 796. The number of imidazole rings is 1. The third-order valence-corrected chi connectivity index (χ3v) is 4.46. The molecule has 114 valence electrons. The number of para-hydroxylation sites is 2. The first-order valence-corrected chi connectivity index (χ1v) is 7.37. The molecule has 0 saturated carbocycles. The summed E-state index contributed by atoms with van der Waals surface area (Å²) in [7, 11) is 2.03. The molecule has 0 aliphatic carbocycles. The molecule has 1 fully saturated rings. The maximum Gasteiger partial charge on any atom is 0.124 e. The van der Waals surface area contributed by atoms with Crippen molar-refractivity contribution >= 4 is 11.0 Å². The van der Waals surface area contributed by atoms with Gasteiger partial charge in [-0.25, -0.2) is 4.98 Å². The van der Waals surface area contributed by atoms with E-state index in [1.807, 2.05) is 25.2 Å². The van der Waals surface area contributed by atoms with Crippen LogP contribution >= 0.6 is 0 Å². The number of aryl methyl sites for hydroxylation is 1. The molecule has 2 N–H and O–H groups in total. The molecular weight excluding hydrogens is 280 g/mol. The SMILES string of the molecule is Cn1c(CN2CC[C@@](O)(c3cn[nH]n3)C2)nc2ccccc21. The number of aromatic nitrogens is 5. The number of fused-ring (bicyclic) bond motifs is 1. The van der Waals surface area contributed by atoms with E-state index in [0.717, 1.165) is 23.4 Å². The lowest BCUT2D eigenvalue weighted by atomic mass is 10.0. The Morgan fingerprint density at radius 1 is 1.36 bits per heavy atom. The number of rotatable bonds is 3. The van der Waals surface area contributed by atoms with Gasteiger partial charge in [-0.15, -0.1) is 0 Å². The van der Waals surface area contributed by atoms with Gasteiger partial charge in [0.25, 0.3) is 0 Å². The smallest absolute Gasteiger partial charge is 0.124 e. The second-order valence-corrected chi connectivity index (χ2v) is 5.92. The van der Waals surface area contributed by atoms with Crippen molar-refractivity contribution in [3.8, 4) is 0 Å². The molecule has 2 aromatic heterocycles. The van der Waals surface area contributed by atoms with Gasteiger partial charge < -0.3 is 9.67 Å². The molecule has 7 nitrogen and oxygen atoms in total. The lowest BCUT2D eigenvalue weighted by molar-refractivity contribution is 0.0405. The van der Waals surface area contributed by atoms with Crippen molar-refractivity contribution < 1.29 is 5.11 Å². The summed E-state index contributed by atoms with van der Waals surface area (Å²) in [5.74, 6) is 1.01. The molecule has 0 unspecified atom stereocenters. The van der Waals surface area contributed by atoms with Gasteiger partial charge >= 0.3 is 0 Å². The zero-order chi connectivity index (χ0) is 15.2. The van der Waals surface area contributed by atoms with Crippen molar-refractivity contribution in [3.63, 3.8) is 0 Å². The zero-order valence-corrected chi connectivity index (χ0v) is 12.4. The monoisotopic (exact) mass is 298 g/mol. The number of hydrogen-bond acceptors (Lipinski definition) is 5. The maximum absolute atomic E-state index is 10.7. The van der Waals surface area contributed by atoms with E-state index in [0.29, 0.717) is 25.2 Å². The van der Waals surface area contributed by atoms with E-state index in [2.05, 4.69) is 30.9 Å². The number of nitrogens with zero attached hydrogens (tertiary/aromatic N) is 5. The lowest BCUT2D eigenvalue weighted by Gasteiger charge is -2.20. The van der Waals surface area contributed by atoms with Crippen molar-refractivity contribution in [1.82, 2.24) is 29.9 Å². The Labute approximate surface area is 127 Å². The number of aromatic amines is 1. The second-order valence-electron chi connectivity index (χ2n) is 5.92. The number of H-pyrrole nitrogens is 1. The van der Waals surface area contributed by atoms with E-state index in [1.54, 1.807) is 6.20 Å². The Morgan fingerprint density at radius 3 is 3.00 bits per heavy atom. The molecule has 22 heavy (non-hydrogen) atoms. The minimum absolute atomic E-state index is 0.544. The normalized spacial score (nSPS) is 22.6. The van der Waals surface area contributed by atoms with Gasteiger partial charge in [-0.3, -0.25) is 4.90 Å². The maximum atomic E-state index is 10.7. The van der Waals surface area contributed by atoms with Crippen molar-refractivity contribution in [2.45, 2.75) is 18.6 Å². The Kier molecular flexibility index (Phi) is 2.98. The van der Waals surface area contributed by atoms with Crippen molar-refractivity contribution in [3.05, 3.63) is 42.0 Å². The van der Waals surface area contributed by atoms with E-state index in [9.17, 15) is 5.11 Å². The Balaban J connectivity index is 1.56. The fourth-order valence-corrected chi connectivity index (χ4v) is 3.18. The molecule has 1 atom stereocenters. The van der Waals surface area contributed by atoms with E-state index in [4.69, 9.17) is 4.98 Å². The van der Waals surface area contributed by atoms with Crippen molar-refractivity contribution in [2.75, 3.05) is 13.1 Å². The number of likely N-dealkylation sites (tertiary alicyclic amines) is 1. The molecule has 0 radical (unpaired) electrons. The van der Waals surface area contributed by atoms with Crippen LogP contribution in [0.3, 0.4) is 0 Å². The molecule has 1 aliphatic rings. The summed E-state index contributed by atoms with van der Waals surface area (Å²) in [6.45, 7) is 2.07. The molecule has 3 aromatic rings. The van der Waals surface area contributed by atoms with E-state index < -0.39 is 5.60 Å². The summed E-state index contributed by atoms with van der Waals surface area (Å²) in [4.78, 5) is 6.90. The minimum Gasteiger partial charge on any atom is -0.382 e.